The van der Waals surface area contributed by atoms with E-state index in [-0.39, 0.29) is 49.0 Å². The second-order valence-corrected chi connectivity index (χ2v) is 6.90. The Labute approximate surface area is 207 Å². The average Bonchev–Trinajstić information content (AvgIpc) is 2.74. The summed E-state index contributed by atoms with van der Waals surface area (Å²) in [4.78, 5) is 28.2. The van der Waals surface area contributed by atoms with Crippen molar-refractivity contribution in [2.45, 2.75) is 44.8 Å². The number of carbonyl (C=O) groups excluding carboxylic acids is 2. The Morgan fingerprint density at radius 2 is 1.76 bits per heavy atom. The number of benzene rings is 1. The van der Waals surface area contributed by atoms with Gasteiger partial charge in [-0.3, -0.25) is 9.59 Å². The van der Waals surface area contributed by atoms with Gasteiger partial charge in [-0.05, 0) is 49.9 Å². The van der Waals surface area contributed by atoms with E-state index in [0.29, 0.717) is 38.0 Å². The van der Waals surface area contributed by atoms with Gasteiger partial charge < -0.3 is 32.2 Å². The number of amides is 2. The lowest BCUT2D eigenvalue weighted by molar-refractivity contribution is -0.139. The quantitative estimate of drug-likeness (QED) is 0.104. The van der Waals surface area contributed by atoms with Gasteiger partial charge in [-0.1, -0.05) is 12.1 Å². The van der Waals surface area contributed by atoms with E-state index in [1.54, 1.807) is 0 Å². The van der Waals surface area contributed by atoms with Crippen LogP contribution in [0.25, 0.3) is 0 Å². The maximum absolute atomic E-state index is 12.2. The molecule has 186 valence electrons. The summed E-state index contributed by atoms with van der Waals surface area (Å²) >= 11 is 0. The second kappa shape index (κ2) is 20.1. The van der Waals surface area contributed by atoms with Crippen molar-refractivity contribution in [3.05, 3.63) is 29.8 Å². The number of methoxy groups -OCH3 is 1. The zero-order valence-electron chi connectivity index (χ0n) is 18.8. The van der Waals surface area contributed by atoms with Crippen molar-refractivity contribution in [2.75, 3.05) is 26.7 Å². The lowest BCUT2D eigenvalue weighted by Crippen LogP contribution is -2.48. The van der Waals surface area contributed by atoms with Gasteiger partial charge in [-0.25, -0.2) is 4.99 Å². The summed E-state index contributed by atoms with van der Waals surface area (Å²) in [6.45, 7) is 1.95. The Bertz CT molecular complexity index is 751. The first kappa shape index (κ1) is 32.6. The number of unbranched alkanes of at least 4 members (excludes halogenated alkanes) is 1. The third kappa shape index (κ3) is 15.8. The number of nitrogens with two attached hydrogens (primary N) is 2. The predicted octanol–water partition coefficient (Wildman–Crippen LogP) is 1.25. The van der Waals surface area contributed by atoms with E-state index >= 15 is 0 Å². The van der Waals surface area contributed by atoms with Gasteiger partial charge in [0.05, 0.1) is 11.8 Å². The summed E-state index contributed by atoms with van der Waals surface area (Å²) in [5.41, 5.74) is 12.4. The number of guanidine groups is 1. The van der Waals surface area contributed by atoms with Crippen LogP contribution in [0.4, 0.5) is 5.69 Å². The molecule has 0 saturated carbocycles. The van der Waals surface area contributed by atoms with Crippen molar-refractivity contribution in [3.63, 3.8) is 0 Å². The van der Waals surface area contributed by atoms with Crippen LogP contribution in [-0.2, 0) is 20.7 Å². The molecule has 1 atom stereocenters. The fraction of sp³-hybridized carbons (Fsp3) is 0.524. The highest BCUT2D eigenvalue weighted by Gasteiger charge is 2.19. The van der Waals surface area contributed by atoms with Crippen LogP contribution in [-0.4, -0.2) is 50.7 Å². The van der Waals surface area contributed by atoms with Crippen LogP contribution < -0.4 is 27.4 Å². The molecule has 0 aliphatic carbocycles. The van der Waals surface area contributed by atoms with E-state index < -0.39 is 6.23 Å². The zero-order valence-corrected chi connectivity index (χ0v) is 20.5. The maximum Gasteiger partial charge on any atom is 0.270 e. The van der Waals surface area contributed by atoms with Crippen LogP contribution in [0.1, 0.15) is 37.7 Å². The molecular weight excluding hydrogens is 469 g/mol. The molecule has 0 aromatic heterocycles. The Balaban J connectivity index is 0. The minimum atomic E-state index is -1.01. The molecule has 1 rings (SSSR count). The summed E-state index contributed by atoms with van der Waals surface area (Å²) < 4.78 is 5.09. The Morgan fingerprint density at radius 3 is 2.36 bits per heavy atom. The number of carbonyl (C=O) groups is 2. The van der Waals surface area contributed by atoms with E-state index in [2.05, 4.69) is 27.0 Å². The van der Waals surface area contributed by atoms with Gasteiger partial charge in [0.15, 0.2) is 5.96 Å². The number of halogens is 2. The molecule has 10 nitrogen and oxygen atoms in total. The molecule has 1 unspecified atom stereocenters. The Kier molecular flexibility index (Phi) is 19.8. The number of aryl methyl sites for hydroxylation is 1. The van der Waals surface area contributed by atoms with Crippen LogP contribution in [0.2, 0.25) is 0 Å². The first-order chi connectivity index (χ1) is 15.0. The van der Waals surface area contributed by atoms with E-state index in [9.17, 15) is 9.59 Å². The molecule has 0 bridgehead atoms. The number of nitrogens with zero attached hydrogens (tertiary/aromatic N) is 2. The summed E-state index contributed by atoms with van der Waals surface area (Å²) in [5.74, 6) is -0.616. The molecule has 7 N–H and O–H groups in total. The fourth-order valence-electron chi connectivity index (χ4n) is 2.74. The van der Waals surface area contributed by atoms with Crippen molar-refractivity contribution in [2.24, 2.45) is 16.5 Å². The summed E-state index contributed by atoms with van der Waals surface area (Å²) in [6, 6.07) is 9.50. The number of ether oxygens (including phenoxy) is 1. The first-order valence-electron chi connectivity index (χ1n) is 10.3. The lowest BCUT2D eigenvalue weighted by atomic mass is 10.1. The monoisotopic (exact) mass is 503 g/mol. The van der Waals surface area contributed by atoms with Crippen LogP contribution >= 0.6 is 24.8 Å². The molecule has 2 amide bonds. The first-order valence-corrected chi connectivity index (χ1v) is 10.3. The molecule has 0 fully saturated rings. The summed E-state index contributed by atoms with van der Waals surface area (Å²) in [6.07, 6.45) is 2.75. The van der Waals surface area contributed by atoms with E-state index in [4.69, 9.17) is 21.5 Å². The lowest BCUT2D eigenvalue weighted by Gasteiger charge is -2.17. The van der Waals surface area contributed by atoms with Crippen LogP contribution in [0.15, 0.2) is 29.3 Å². The van der Waals surface area contributed by atoms with Gasteiger partial charge >= 0.3 is 0 Å². The molecule has 0 saturated heterocycles. The zero-order chi connectivity index (χ0) is 22.9. The molecule has 0 heterocycles. The third-order valence-electron chi connectivity index (χ3n) is 4.32. The normalized spacial score (nSPS) is 10.5. The smallest absolute Gasteiger partial charge is 0.270 e. The molecule has 1 aromatic carbocycles. The SMILES string of the molecule is COC(NC(=O)CCCc1ccc(N=C(N)N)cc1)C(=O)NCCCCNCCC#N.Cl.Cl. The van der Waals surface area contributed by atoms with E-state index in [1.165, 1.54) is 7.11 Å². The molecule has 1 aromatic rings. The number of aliphatic imine (C=N–C) groups is 1. The van der Waals surface area contributed by atoms with Gasteiger partial charge in [-0.2, -0.15) is 5.26 Å². The van der Waals surface area contributed by atoms with Crippen molar-refractivity contribution >= 4 is 48.3 Å². The topological polar surface area (TPSA) is 168 Å². The van der Waals surface area contributed by atoms with Crippen LogP contribution in [0.5, 0.6) is 0 Å². The maximum atomic E-state index is 12.2. The van der Waals surface area contributed by atoms with Gasteiger partial charge in [0.25, 0.3) is 5.91 Å². The van der Waals surface area contributed by atoms with Crippen molar-refractivity contribution in [3.8, 4) is 6.07 Å². The van der Waals surface area contributed by atoms with Gasteiger partial charge in [0.1, 0.15) is 0 Å². The molecule has 0 aliphatic rings. The molecule has 0 radical (unpaired) electrons. The van der Waals surface area contributed by atoms with E-state index in [0.717, 1.165) is 24.9 Å². The standard InChI is InChI=1S/C21H33N7O3.2ClH/c1-31-20(19(30)26-15-3-2-13-25-14-5-12-22)28-18(29)7-4-6-16-8-10-17(11-9-16)27-21(23)24;;/h8-11,20,25H,2-7,13-15H2,1H3,(H,26,30)(H,28,29)(H4,23,24,27);2*1H. The van der Waals surface area contributed by atoms with Crippen molar-refractivity contribution < 1.29 is 14.3 Å². The van der Waals surface area contributed by atoms with Crippen LogP contribution in [0, 0.1) is 11.3 Å². The summed E-state index contributed by atoms with van der Waals surface area (Å²) in [7, 11) is 1.38. The van der Waals surface area contributed by atoms with Gasteiger partial charge in [0.2, 0.25) is 12.1 Å². The van der Waals surface area contributed by atoms with Crippen molar-refractivity contribution in [1.82, 2.24) is 16.0 Å². The third-order valence-corrected chi connectivity index (χ3v) is 4.32. The van der Waals surface area contributed by atoms with E-state index in [1.807, 2.05) is 24.3 Å². The minimum Gasteiger partial charge on any atom is -0.370 e. The molecular formula is C21H35Cl2N7O3. The average molecular weight is 504 g/mol. The highest BCUT2D eigenvalue weighted by molar-refractivity contribution is 5.86. The van der Waals surface area contributed by atoms with Gasteiger partial charge in [0, 0.05) is 33.0 Å². The summed E-state index contributed by atoms with van der Waals surface area (Å²) in [5, 5.41) is 16.9. The molecule has 0 aliphatic heterocycles. The largest absolute Gasteiger partial charge is 0.370 e. The number of hydrogen-bond donors (Lipinski definition) is 5. The highest BCUT2D eigenvalue weighted by atomic mass is 35.5. The molecule has 0 spiro atoms. The minimum absolute atomic E-state index is 0. The number of nitriles is 1. The molecule has 12 heteroatoms. The molecule has 33 heavy (non-hydrogen) atoms. The van der Waals surface area contributed by atoms with Crippen molar-refractivity contribution in [1.29, 1.82) is 5.26 Å². The fourth-order valence-corrected chi connectivity index (χ4v) is 2.74. The Morgan fingerprint density at radius 1 is 1.09 bits per heavy atom. The number of hydrogen-bond acceptors (Lipinski definition) is 6. The second-order valence-electron chi connectivity index (χ2n) is 6.90. The van der Waals surface area contributed by atoms with Gasteiger partial charge in [-0.15, -0.1) is 24.8 Å². The highest BCUT2D eigenvalue weighted by Crippen LogP contribution is 2.14. The number of nitrogens with one attached hydrogen (secondary N) is 3. The van der Waals surface area contributed by atoms with Crippen LogP contribution in [0.3, 0.4) is 0 Å². The predicted molar refractivity (Wildman–Crippen MR) is 134 cm³/mol. The number of rotatable bonds is 15. The Hall–Kier alpha value is -2.58.